The van der Waals surface area contributed by atoms with Gasteiger partial charge in [-0.15, -0.1) is 0 Å². The Hall–Kier alpha value is -2.36. The van der Waals surface area contributed by atoms with Crippen molar-refractivity contribution in [2.24, 2.45) is 11.0 Å². The minimum Gasteiger partial charge on any atom is -0.492 e. The summed E-state index contributed by atoms with van der Waals surface area (Å²) in [7, 11) is 0. The van der Waals surface area contributed by atoms with Gasteiger partial charge in [-0.2, -0.15) is 5.10 Å². The molecule has 3 nitrogen and oxygen atoms in total. The maximum absolute atomic E-state index is 13.5. The van der Waals surface area contributed by atoms with Gasteiger partial charge in [-0.05, 0) is 30.7 Å². The standard InChI is InChI=1S/C17H15FN2O/c1-10-3-2-4-11(7-10)16-14-9-21-15-6-5-12(18)8-13(15)17(14)20-19-16/h2-8,14,16,19H,9H2,1H3/t14-,16-/m1/s1. The number of hydrogen-bond donors (Lipinski definition) is 1. The largest absolute Gasteiger partial charge is 0.492 e. The number of ether oxygens (including phenoxy) is 1. The average Bonchev–Trinajstić information content (AvgIpc) is 2.91. The van der Waals surface area contributed by atoms with E-state index in [0.717, 1.165) is 11.3 Å². The molecule has 0 amide bonds. The summed E-state index contributed by atoms with van der Waals surface area (Å²) in [6, 6.07) is 13.0. The second kappa shape index (κ2) is 4.58. The van der Waals surface area contributed by atoms with E-state index < -0.39 is 0 Å². The third-order valence-corrected chi connectivity index (χ3v) is 4.11. The molecule has 0 bridgehead atoms. The lowest BCUT2D eigenvalue weighted by Crippen LogP contribution is -2.31. The highest BCUT2D eigenvalue weighted by atomic mass is 19.1. The Labute approximate surface area is 122 Å². The summed E-state index contributed by atoms with van der Waals surface area (Å²) < 4.78 is 19.3. The van der Waals surface area contributed by atoms with Crippen LogP contribution in [0.3, 0.4) is 0 Å². The number of hydrazone groups is 1. The highest BCUT2D eigenvalue weighted by Crippen LogP contribution is 2.37. The maximum Gasteiger partial charge on any atom is 0.128 e. The van der Waals surface area contributed by atoms with E-state index in [-0.39, 0.29) is 17.8 Å². The van der Waals surface area contributed by atoms with Crippen LogP contribution in [-0.2, 0) is 0 Å². The topological polar surface area (TPSA) is 33.6 Å². The first-order valence-electron chi connectivity index (χ1n) is 7.05. The van der Waals surface area contributed by atoms with E-state index in [1.807, 2.05) is 6.07 Å². The highest BCUT2D eigenvalue weighted by molar-refractivity contribution is 6.06. The van der Waals surface area contributed by atoms with Gasteiger partial charge in [-0.1, -0.05) is 29.8 Å². The molecule has 0 aromatic heterocycles. The molecule has 106 valence electrons. The molecule has 4 heteroatoms. The van der Waals surface area contributed by atoms with Gasteiger partial charge in [0.1, 0.15) is 11.6 Å². The van der Waals surface area contributed by atoms with Crippen LogP contribution in [0.25, 0.3) is 0 Å². The van der Waals surface area contributed by atoms with Gasteiger partial charge in [0, 0.05) is 5.56 Å². The number of aryl methyl sites for hydroxylation is 1. The summed E-state index contributed by atoms with van der Waals surface area (Å²) in [6.45, 7) is 2.63. The summed E-state index contributed by atoms with van der Waals surface area (Å²) in [5.74, 6) is 0.555. The number of benzene rings is 2. The zero-order valence-electron chi connectivity index (χ0n) is 11.6. The zero-order valence-corrected chi connectivity index (χ0v) is 11.6. The average molecular weight is 282 g/mol. The smallest absolute Gasteiger partial charge is 0.128 e. The summed E-state index contributed by atoms with van der Waals surface area (Å²) in [5, 5.41) is 4.45. The first-order valence-corrected chi connectivity index (χ1v) is 7.05. The second-order valence-corrected chi connectivity index (χ2v) is 5.58. The van der Waals surface area contributed by atoms with E-state index in [0.29, 0.717) is 12.4 Å². The Bertz CT molecular complexity index is 741. The predicted octanol–water partition coefficient (Wildman–Crippen LogP) is 3.19. The number of rotatable bonds is 1. The number of nitrogens with zero attached hydrogens (tertiary/aromatic N) is 1. The molecule has 2 atom stereocenters. The molecule has 0 fully saturated rings. The van der Waals surface area contributed by atoms with Crippen LogP contribution in [0.2, 0.25) is 0 Å². The molecule has 2 aliphatic heterocycles. The van der Waals surface area contributed by atoms with Crippen LogP contribution >= 0.6 is 0 Å². The molecule has 0 saturated carbocycles. The normalized spacial score (nSPS) is 22.7. The molecule has 0 radical (unpaired) electrons. The third kappa shape index (κ3) is 1.98. The Kier molecular flexibility index (Phi) is 2.70. The summed E-state index contributed by atoms with van der Waals surface area (Å²) in [4.78, 5) is 0. The van der Waals surface area contributed by atoms with Crippen LogP contribution in [0.5, 0.6) is 5.75 Å². The van der Waals surface area contributed by atoms with Crippen molar-refractivity contribution in [3.8, 4) is 5.75 Å². The Morgan fingerprint density at radius 3 is 3.00 bits per heavy atom. The summed E-state index contributed by atoms with van der Waals surface area (Å²) in [5.41, 5.74) is 7.23. The van der Waals surface area contributed by atoms with Crippen molar-refractivity contribution in [3.63, 3.8) is 0 Å². The fourth-order valence-electron chi connectivity index (χ4n) is 3.08. The molecule has 2 aromatic carbocycles. The van der Waals surface area contributed by atoms with Crippen LogP contribution < -0.4 is 10.2 Å². The summed E-state index contributed by atoms with van der Waals surface area (Å²) >= 11 is 0. The molecule has 21 heavy (non-hydrogen) atoms. The van der Waals surface area contributed by atoms with Crippen molar-refractivity contribution in [1.29, 1.82) is 0 Å². The lowest BCUT2D eigenvalue weighted by Gasteiger charge is -2.27. The quantitative estimate of drug-likeness (QED) is 0.871. The maximum atomic E-state index is 13.5. The van der Waals surface area contributed by atoms with Gasteiger partial charge >= 0.3 is 0 Å². The molecule has 2 heterocycles. The number of hydrogen-bond acceptors (Lipinski definition) is 3. The zero-order chi connectivity index (χ0) is 14.4. The molecular formula is C17H15FN2O. The van der Waals surface area contributed by atoms with Gasteiger partial charge in [-0.25, -0.2) is 4.39 Å². The van der Waals surface area contributed by atoms with Crippen LogP contribution in [0.1, 0.15) is 22.7 Å². The first kappa shape index (κ1) is 12.4. The molecule has 2 aromatic rings. The third-order valence-electron chi connectivity index (χ3n) is 4.11. The molecule has 4 rings (SSSR count). The predicted molar refractivity (Wildman–Crippen MR) is 79.0 cm³/mol. The number of nitrogens with one attached hydrogen (secondary N) is 1. The minimum atomic E-state index is -0.264. The lowest BCUT2D eigenvalue weighted by atomic mass is 9.86. The van der Waals surface area contributed by atoms with Gasteiger partial charge in [0.25, 0.3) is 0 Å². The van der Waals surface area contributed by atoms with Gasteiger partial charge in [-0.3, -0.25) is 0 Å². The number of fused-ring (bicyclic) bond motifs is 3. The molecular weight excluding hydrogens is 267 g/mol. The van der Waals surface area contributed by atoms with Crippen molar-refractivity contribution < 1.29 is 9.13 Å². The van der Waals surface area contributed by atoms with E-state index in [1.165, 1.54) is 23.3 Å². The monoisotopic (exact) mass is 282 g/mol. The van der Waals surface area contributed by atoms with Crippen molar-refractivity contribution in [2.45, 2.75) is 13.0 Å². The highest BCUT2D eigenvalue weighted by Gasteiger charge is 2.38. The van der Waals surface area contributed by atoms with Crippen LogP contribution in [0, 0.1) is 18.7 Å². The summed E-state index contributed by atoms with van der Waals surface area (Å²) in [6.07, 6.45) is 0. The molecule has 0 aliphatic carbocycles. The van der Waals surface area contributed by atoms with Crippen molar-refractivity contribution in [3.05, 3.63) is 65.0 Å². The van der Waals surface area contributed by atoms with Crippen LogP contribution in [0.15, 0.2) is 47.6 Å². The van der Waals surface area contributed by atoms with E-state index >= 15 is 0 Å². The van der Waals surface area contributed by atoms with Crippen molar-refractivity contribution in [1.82, 2.24) is 5.43 Å². The fraction of sp³-hybridized carbons (Fsp3) is 0.235. The molecule has 0 saturated heterocycles. The van der Waals surface area contributed by atoms with E-state index in [9.17, 15) is 4.39 Å². The van der Waals surface area contributed by atoms with E-state index in [2.05, 4.69) is 35.7 Å². The van der Waals surface area contributed by atoms with Crippen molar-refractivity contribution in [2.75, 3.05) is 6.61 Å². The second-order valence-electron chi connectivity index (χ2n) is 5.58. The van der Waals surface area contributed by atoms with Crippen LogP contribution in [-0.4, -0.2) is 12.3 Å². The molecule has 2 aliphatic rings. The van der Waals surface area contributed by atoms with Gasteiger partial charge in [0.2, 0.25) is 0 Å². The molecule has 1 N–H and O–H groups in total. The number of halogens is 1. The first-order chi connectivity index (χ1) is 10.2. The Morgan fingerprint density at radius 2 is 2.14 bits per heavy atom. The van der Waals surface area contributed by atoms with E-state index in [4.69, 9.17) is 4.74 Å². The molecule has 0 spiro atoms. The lowest BCUT2D eigenvalue weighted by molar-refractivity contribution is 0.253. The van der Waals surface area contributed by atoms with Gasteiger partial charge in [0.15, 0.2) is 0 Å². The minimum absolute atomic E-state index is 0.0799. The Balaban J connectivity index is 1.72. The van der Waals surface area contributed by atoms with E-state index in [1.54, 1.807) is 6.07 Å². The van der Waals surface area contributed by atoms with Crippen molar-refractivity contribution >= 4 is 5.71 Å². The SMILES string of the molecule is Cc1cccc([C@H]2NN=C3c4cc(F)ccc4OC[C@@H]32)c1. The van der Waals surface area contributed by atoms with Gasteiger partial charge in [0.05, 0.1) is 24.3 Å². The molecule has 0 unspecified atom stereocenters. The van der Waals surface area contributed by atoms with Gasteiger partial charge < -0.3 is 10.2 Å². The van der Waals surface area contributed by atoms with Crippen LogP contribution in [0.4, 0.5) is 4.39 Å². The Morgan fingerprint density at radius 1 is 1.24 bits per heavy atom. The fourth-order valence-corrected chi connectivity index (χ4v) is 3.08.